The van der Waals surface area contributed by atoms with Crippen molar-refractivity contribution in [3.8, 4) is 11.5 Å². The van der Waals surface area contributed by atoms with E-state index in [1.54, 1.807) is 0 Å². The lowest BCUT2D eigenvalue weighted by Gasteiger charge is -2.33. The van der Waals surface area contributed by atoms with Gasteiger partial charge in [-0.3, -0.25) is 9.69 Å². The Balaban J connectivity index is 1.68. The van der Waals surface area contributed by atoms with E-state index in [0.717, 1.165) is 30.7 Å². The first-order valence-electron chi connectivity index (χ1n) is 12.3. The summed E-state index contributed by atoms with van der Waals surface area (Å²) in [7, 11) is 0. The standard InChI is InChI=1S/C26H41NO4/c1-4-5-6-7-8-9-23(28)16-22(18-27-19(2)10-11-20(27)3)26(29)21-12-13-24-25(17-21)31-15-14-30-24/h12-13,17,19-20,22,26,29H,4-11,14-16,18H2,1-3H3/t19-,20-,22?,26-/m1/s1. The number of aliphatic hydroxyl groups excluding tert-OH is 1. The van der Waals surface area contributed by atoms with Crippen LogP contribution in [0, 0.1) is 5.92 Å². The van der Waals surface area contributed by atoms with Crippen LogP contribution in [0.2, 0.25) is 0 Å². The fourth-order valence-electron chi connectivity index (χ4n) is 4.99. The van der Waals surface area contributed by atoms with Gasteiger partial charge in [-0.1, -0.05) is 38.7 Å². The molecule has 2 aliphatic heterocycles. The minimum Gasteiger partial charge on any atom is -0.486 e. The Morgan fingerprint density at radius 1 is 1.06 bits per heavy atom. The molecule has 1 fully saturated rings. The van der Waals surface area contributed by atoms with E-state index < -0.39 is 6.10 Å². The fourth-order valence-corrected chi connectivity index (χ4v) is 4.99. The zero-order valence-electron chi connectivity index (χ0n) is 19.6. The number of rotatable bonds is 12. The largest absolute Gasteiger partial charge is 0.486 e. The number of Topliss-reactive ketones (excluding diaryl/α,β-unsaturated/α-hetero) is 1. The third-order valence-electron chi connectivity index (χ3n) is 6.98. The number of fused-ring (bicyclic) bond motifs is 1. The van der Waals surface area contributed by atoms with E-state index in [9.17, 15) is 9.90 Å². The molecule has 2 heterocycles. The molecule has 0 radical (unpaired) electrons. The highest BCUT2D eigenvalue weighted by Gasteiger charge is 2.33. The Bertz CT molecular complexity index is 697. The zero-order valence-corrected chi connectivity index (χ0v) is 19.6. The molecule has 0 aliphatic carbocycles. The molecule has 5 heteroatoms. The number of benzene rings is 1. The summed E-state index contributed by atoms with van der Waals surface area (Å²) in [5.41, 5.74) is 0.810. The quantitative estimate of drug-likeness (QED) is 0.455. The van der Waals surface area contributed by atoms with Gasteiger partial charge in [-0.15, -0.1) is 0 Å². The first-order chi connectivity index (χ1) is 15.0. The number of carbonyl (C=O) groups is 1. The molecule has 1 unspecified atom stereocenters. The van der Waals surface area contributed by atoms with Gasteiger partial charge in [0.2, 0.25) is 0 Å². The molecule has 3 rings (SSSR count). The number of unbranched alkanes of at least 4 members (excludes halogenated alkanes) is 4. The Morgan fingerprint density at radius 2 is 1.74 bits per heavy atom. The van der Waals surface area contributed by atoms with E-state index in [2.05, 4.69) is 25.7 Å². The van der Waals surface area contributed by atoms with Crippen LogP contribution in [0.3, 0.4) is 0 Å². The van der Waals surface area contributed by atoms with Crippen LogP contribution in [0.25, 0.3) is 0 Å². The third kappa shape index (κ3) is 6.69. The average Bonchev–Trinajstić information content (AvgIpc) is 3.09. The van der Waals surface area contributed by atoms with Gasteiger partial charge in [0.1, 0.15) is 19.0 Å². The van der Waals surface area contributed by atoms with Crippen LogP contribution in [0.5, 0.6) is 11.5 Å². The van der Waals surface area contributed by atoms with Crippen molar-refractivity contribution in [2.24, 2.45) is 5.92 Å². The Morgan fingerprint density at radius 3 is 2.45 bits per heavy atom. The Hall–Kier alpha value is -1.59. The van der Waals surface area contributed by atoms with Crippen LogP contribution in [-0.2, 0) is 4.79 Å². The first-order valence-corrected chi connectivity index (χ1v) is 12.3. The second kappa shape index (κ2) is 11.9. The summed E-state index contributed by atoms with van der Waals surface area (Å²) in [6.07, 6.45) is 8.46. The van der Waals surface area contributed by atoms with Crippen LogP contribution < -0.4 is 9.47 Å². The van der Waals surface area contributed by atoms with Crippen LogP contribution in [0.15, 0.2) is 18.2 Å². The fraction of sp³-hybridized carbons (Fsp3) is 0.731. The summed E-state index contributed by atoms with van der Waals surface area (Å²) in [6.45, 7) is 8.54. The number of hydrogen-bond donors (Lipinski definition) is 1. The monoisotopic (exact) mass is 431 g/mol. The molecule has 1 saturated heterocycles. The van der Waals surface area contributed by atoms with Gasteiger partial charge in [-0.2, -0.15) is 0 Å². The lowest BCUT2D eigenvalue weighted by molar-refractivity contribution is -0.121. The molecular weight excluding hydrogens is 390 g/mol. The number of likely N-dealkylation sites (tertiary alicyclic amines) is 1. The number of aliphatic hydroxyl groups is 1. The van der Waals surface area contributed by atoms with Crippen molar-refractivity contribution in [3.63, 3.8) is 0 Å². The highest BCUT2D eigenvalue weighted by molar-refractivity contribution is 5.78. The lowest BCUT2D eigenvalue weighted by Crippen LogP contribution is -2.39. The van der Waals surface area contributed by atoms with E-state index in [4.69, 9.17) is 9.47 Å². The maximum absolute atomic E-state index is 12.8. The third-order valence-corrected chi connectivity index (χ3v) is 6.98. The van der Waals surface area contributed by atoms with Crippen LogP contribution in [0.1, 0.15) is 90.2 Å². The minimum absolute atomic E-state index is 0.117. The average molecular weight is 432 g/mol. The first kappa shape index (κ1) is 24.1. The van der Waals surface area contributed by atoms with Crippen molar-refractivity contribution in [1.29, 1.82) is 0 Å². The number of hydrogen-bond acceptors (Lipinski definition) is 5. The normalized spacial score (nSPS) is 23.0. The van der Waals surface area contributed by atoms with Crippen molar-refractivity contribution < 1.29 is 19.4 Å². The molecule has 174 valence electrons. The molecule has 31 heavy (non-hydrogen) atoms. The highest BCUT2D eigenvalue weighted by atomic mass is 16.6. The molecule has 0 bridgehead atoms. The molecule has 5 nitrogen and oxygen atoms in total. The molecule has 1 N–H and O–H groups in total. The van der Waals surface area contributed by atoms with E-state index >= 15 is 0 Å². The predicted molar refractivity (Wildman–Crippen MR) is 124 cm³/mol. The SMILES string of the molecule is CCCCCCCC(=O)CC(CN1[C@H](C)CC[C@H]1C)[C@H](O)c1ccc2c(c1)OCCO2. The maximum atomic E-state index is 12.8. The molecule has 0 amide bonds. The van der Waals surface area contributed by atoms with Gasteiger partial charge in [0.15, 0.2) is 11.5 Å². The summed E-state index contributed by atoms with van der Waals surface area (Å²) in [6, 6.07) is 6.67. The van der Waals surface area contributed by atoms with Gasteiger partial charge in [-0.25, -0.2) is 0 Å². The second-order valence-corrected chi connectivity index (χ2v) is 9.49. The van der Waals surface area contributed by atoms with Gasteiger partial charge in [0.05, 0.1) is 6.10 Å². The molecule has 2 aliphatic rings. The molecular formula is C26H41NO4. The molecule has 0 spiro atoms. The molecule has 0 aromatic heterocycles. The molecule has 0 saturated carbocycles. The smallest absolute Gasteiger partial charge is 0.161 e. The topological polar surface area (TPSA) is 59.0 Å². The van der Waals surface area contributed by atoms with Crippen LogP contribution in [-0.4, -0.2) is 47.6 Å². The van der Waals surface area contributed by atoms with Crippen LogP contribution >= 0.6 is 0 Å². The van der Waals surface area contributed by atoms with Crippen molar-refractivity contribution in [1.82, 2.24) is 4.90 Å². The lowest BCUT2D eigenvalue weighted by atomic mass is 9.88. The second-order valence-electron chi connectivity index (χ2n) is 9.49. The number of nitrogens with zero attached hydrogens (tertiary/aromatic N) is 1. The van der Waals surface area contributed by atoms with Gasteiger partial charge in [0.25, 0.3) is 0 Å². The van der Waals surface area contributed by atoms with Gasteiger partial charge in [0, 0.05) is 37.4 Å². The number of ketones is 1. The van der Waals surface area contributed by atoms with E-state index in [1.807, 2.05) is 18.2 Å². The molecule has 1 aromatic rings. The van der Waals surface area contributed by atoms with Crippen molar-refractivity contribution in [2.75, 3.05) is 19.8 Å². The predicted octanol–water partition coefficient (Wildman–Crippen LogP) is 5.30. The number of ether oxygens (including phenoxy) is 2. The molecule has 4 atom stereocenters. The summed E-state index contributed by atoms with van der Waals surface area (Å²) in [5, 5.41) is 11.3. The van der Waals surface area contributed by atoms with Crippen molar-refractivity contribution in [3.05, 3.63) is 23.8 Å². The van der Waals surface area contributed by atoms with Crippen LogP contribution in [0.4, 0.5) is 0 Å². The number of carbonyl (C=O) groups excluding carboxylic acids is 1. The van der Waals surface area contributed by atoms with Gasteiger partial charge in [-0.05, 0) is 50.8 Å². The van der Waals surface area contributed by atoms with E-state index in [1.165, 1.54) is 32.1 Å². The minimum atomic E-state index is -0.695. The van der Waals surface area contributed by atoms with Gasteiger partial charge < -0.3 is 14.6 Å². The summed E-state index contributed by atoms with van der Waals surface area (Å²) < 4.78 is 11.3. The van der Waals surface area contributed by atoms with E-state index in [-0.39, 0.29) is 11.7 Å². The Labute approximate surface area is 188 Å². The van der Waals surface area contributed by atoms with Crippen molar-refractivity contribution >= 4 is 5.78 Å². The maximum Gasteiger partial charge on any atom is 0.161 e. The highest BCUT2D eigenvalue weighted by Crippen LogP contribution is 2.36. The van der Waals surface area contributed by atoms with E-state index in [0.29, 0.717) is 43.9 Å². The molecule has 1 aromatic carbocycles. The summed E-state index contributed by atoms with van der Waals surface area (Å²) in [4.78, 5) is 15.3. The Kier molecular flexibility index (Phi) is 9.21. The zero-order chi connectivity index (χ0) is 22.2. The van der Waals surface area contributed by atoms with Gasteiger partial charge >= 0.3 is 0 Å². The van der Waals surface area contributed by atoms with Crippen molar-refractivity contribution in [2.45, 2.75) is 96.7 Å². The summed E-state index contributed by atoms with van der Waals surface area (Å²) in [5.74, 6) is 1.57. The summed E-state index contributed by atoms with van der Waals surface area (Å²) >= 11 is 0.